The topological polar surface area (TPSA) is 55.1 Å². The highest BCUT2D eigenvalue weighted by atomic mass is 35.5. The molecular formula is C13H17Cl2FN2O. The van der Waals surface area contributed by atoms with Gasteiger partial charge in [0.15, 0.2) is 0 Å². The second-order valence-corrected chi connectivity index (χ2v) is 5.04. The highest BCUT2D eigenvalue weighted by molar-refractivity contribution is 6.30. The monoisotopic (exact) mass is 306 g/mol. The van der Waals surface area contributed by atoms with Crippen LogP contribution < -0.4 is 11.1 Å². The average Bonchev–Trinajstić information content (AvgIpc) is 2.79. The van der Waals surface area contributed by atoms with Crippen LogP contribution in [0, 0.1) is 11.7 Å². The fraction of sp³-hybridized carbons (Fsp3) is 0.462. The van der Waals surface area contributed by atoms with Crippen molar-refractivity contribution in [1.82, 2.24) is 5.32 Å². The first-order valence-corrected chi connectivity index (χ1v) is 6.45. The smallest absolute Gasteiger partial charge is 0.251 e. The molecule has 0 spiro atoms. The molecule has 2 atom stereocenters. The SMILES string of the molecule is Cl.NCC1CCCC1NC(=O)c1ccc(Cl)c(F)c1. The lowest BCUT2D eigenvalue weighted by Gasteiger charge is -2.19. The Morgan fingerprint density at radius 2 is 2.21 bits per heavy atom. The van der Waals surface area contributed by atoms with Crippen LogP contribution in [0.3, 0.4) is 0 Å². The molecule has 0 bridgehead atoms. The number of carbonyl (C=O) groups is 1. The maximum absolute atomic E-state index is 13.3. The molecule has 6 heteroatoms. The van der Waals surface area contributed by atoms with Crippen LogP contribution in [-0.2, 0) is 0 Å². The summed E-state index contributed by atoms with van der Waals surface area (Å²) in [6.07, 6.45) is 3.04. The largest absolute Gasteiger partial charge is 0.349 e. The maximum Gasteiger partial charge on any atom is 0.251 e. The zero-order chi connectivity index (χ0) is 13.1. The molecule has 2 unspecified atom stereocenters. The number of benzene rings is 1. The molecule has 3 N–H and O–H groups in total. The van der Waals surface area contributed by atoms with Gasteiger partial charge in [-0.25, -0.2) is 4.39 Å². The number of hydrogen-bond donors (Lipinski definition) is 2. The van der Waals surface area contributed by atoms with Crippen molar-refractivity contribution in [2.45, 2.75) is 25.3 Å². The number of halogens is 3. The molecule has 0 saturated heterocycles. The van der Waals surface area contributed by atoms with Gasteiger partial charge in [0.05, 0.1) is 5.02 Å². The average molecular weight is 307 g/mol. The van der Waals surface area contributed by atoms with E-state index in [1.807, 2.05) is 0 Å². The second kappa shape index (κ2) is 7.08. The van der Waals surface area contributed by atoms with Gasteiger partial charge in [-0.15, -0.1) is 12.4 Å². The summed E-state index contributed by atoms with van der Waals surface area (Å²) in [5.41, 5.74) is 5.95. The van der Waals surface area contributed by atoms with Gasteiger partial charge in [0.2, 0.25) is 0 Å². The summed E-state index contributed by atoms with van der Waals surface area (Å²) in [6, 6.07) is 4.17. The summed E-state index contributed by atoms with van der Waals surface area (Å²) in [4.78, 5) is 12.0. The predicted molar refractivity (Wildman–Crippen MR) is 76.3 cm³/mol. The number of carbonyl (C=O) groups excluding carboxylic acids is 1. The Labute approximate surface area is 123 Å². The minimum absolute atomic E-state index is 0. The molecule has 106 valence electrons. The van der Waals surface area contributed by atoms with E-state index in [4.69, 9.17) is 17.3 Å². The van der Waals surface area contributed by atoms with Gasteiger partial charge in [-0.3, -0.25) is 4.79 Å². The molecule has 1 amide bonds. The van der Waals surface area contributed by atoms with E-state index in [1.165, 1.54) is 12.1 Å². The van der Waals surface area contributed by atoms with Crippen molar-refractivity contribution in [2.24, 2.45) is 11.7 Å². The van der Waals surface area contributed by atoms with E-state index < -0.39 is 5.82 Å². The Balaban J connectivity index is 0.00000180. The lowest BCUT2D eigenvalue weighted by molar-refractivity contribution is 0.0928. The summed E-state index contributed by atoms with van der Waals surface area (Å²) < 4.78 is 13.3. The molecule has 0 radical (unpaired) electrons. The van der Waals surface area contributed by atoms with Crippen LogP contribution in [0.5, 0.6) is 0 Å². The fourth-order valence-electron chi connectivity index (χ4n) is 2.40. The van der Waals surface area contributed by atoms with Crippen molar-refractivity contribution in [3.8, 4) is 0 Å². The van der Waals surface area contributed by atoms with Crippen LogP contribution in [0.1, 0.15) is 29.6 Å². The molecule has 3 nitrogen and oxygen atoms in total. The van der Waals surface area contributed by atoms with E-state index in [1.54, 1.807) is 0 Å². The summed E-state index contributed by atoms with van der Waals surface area (Å²) in [7, 11) is 0. The third-order valence-corrected chi connectivity index (χ3v) is 3.77. The molecule has 1 aliphatic carbocycles. The number of hydrogen-bond acceptors (Lipinski definition) is 2. The minimum Gasteiger partial charge on any atom is -0.349 e. The Kier molecular flexibility index (Phi) is 6.04. The highest BCUT2D eigenvalue weighted by Crippen LogP contribution is 2.25. The van der Waals surface area contributed by atoms with E-state index in [9.17, 15) is 9.18 Å². The summed E-state index contributed by atoms with van der Waals surface area (Å²) in [6.45, 7) is 0.569. The number of rotatable bonds is 3. The van der Waals surface area contributed by atoms with Crippen LogP contribution in [0.4, 0.5) is 4.39 Å². The van der Waals surface area contributed by atoms with Crippen LogP contribution in [0.2, 0.25) is 5.02 Å². The number of amides is 1. The Bertz CT molecular complexity index is 456. The van der Waals surface area contributed by atoms with Gasteiger partial charge in [0.25, 0.3) is 5.91 Å². The van der Waals surface area contributed by atoms with E-state index in [-0.39, 0.29) is 29.4 Å². The van der Waals surface area contributed by atoms with Crippen LogP contribution in [-0.4, -0.2) is 18.5 Å². The van der Waals surface area contributed by atoms with Gasteiger partial charge in [-0.05, 0) is 43.5 Å². The molecule has 1 aliphatic rings. The van der Waals surface area contributed by atoms with Crippen molar-refractivity contribution >= 4 is 29.9 Å². The van der Waals surface area contributed by atoms with Crippen molar-refractivity contribution in [1.29, 1.82) is 0 Å². The molecule has 0 aromatic heterocycles. The Morgan fingerprint density at radius 3 is 2.84 bits per heavy atom. The van der Waals surface area contributed by atoms with E-state index in [0.717, 1.165) is 25.3 Å². The molecule has 1 aromatic carbocycles. The molecule has 1 aromatic rings. The number of nitrogens with one attached hydrogen (secondary N) is 1. The molecular weight excluding hydrogens is 290 g/mol. The third kappa shape index (κ3) is 3.81. The summed E-state index contributed by atoms with van der Waals surface area (Å²) >= 11 is 5.58. The third-order valence-electron chi connectivity index (χ3n) is 3.46. The van der Waals surface area contributed by atoms with Gasteiger partial charge < -0.3 is 11.1 Å². The molecule has 19 heavy (non-hydrogen) atoms. The first-order chi connectivity index (χ1) is 8.61. The van der Waals surface area contributed by atoms with Gasteiger partial charge >= 0.3 is 0 Å². The van der Waals surface area contributed by atoms with Crippen LogP contribution in [0.25, 0.3) is 0 Å². The Hall–Kier alpha value is -0.840. The van der Waals surface area contributed by atoms with Crippen LogP contribution in [0.15, 0.2) is 18.2 Å². The van der Waals surface area contributed by atoms with Crippen molar-refractivity contribution in [3.05, 3.63) is 34.6 Å². The van der Waals surface area contributed by atoms with Gasteiger partial charge in [-0.2, -0.15) is 0 Å². The minimum atomic E-state index is -0.578. The second-order valence-electron chi connectivity index (χ2n) is 4.64. The van der Waals surface area contributed by atoms with E-state index in [0.29, 0.717) is 18.0 Å². The molecule has 0 aliphatic heterocycles. The van der Waals surface area contributed by atoms with Gasteiger partial charge in [0, 0.05) is 11.6 Å². The normalized spacial score (nSPS) is 21.8. The van der Waals surface area contributed by atoms with Crippen molar-refractivity contribution < 1.29 is 9.18 Å². The fourth-order valence-corrected chi connectivity index (χ4v) is 2.52. The van der Waals surface area contributed by atoms with Crippen molar-refractivity contribution in [3.63, 3.8) is 0 Å². The quantitative estimate of drug-likeness (QED) is 0.902. The molecule has 1 fully saturated rings. The van der Waals surface area contributed by atoms with E-state index in [2.05, 4.69) is 5.32 Å². The molecule has 2 rings (SSSR count). The zero-order valence-electron chi connectivity index (χ0n) is 10.4. The van der Waals surface area contributed by atoms with Crippen LogP contribution >= 0.6 is 24.0 Å². The van der Waals surface area contributed by atoms with Crippen molar-refractivity contribution in [2.75, 3.05) is 6.54 Å². The Morgan fingerprint density at radius 1 is 1.47 bits per heavy atom. The molecule has 0 heterocycles. The molecule has 1 saturated carbocycles. The first kappa shape index (κ1) is 16.2. The zero-order valence-corrected chi connectivity index (χ0v) is 11.9. The number of nitrogens with two attached hydrogens (primary N) is 1. The van der Waals surface area contributed by atoms with E-state index >= 15 is 0 Å². The maximum atomic E-state index is 13.3. The summed E-state index contributed by atoms with van der Waals surface area (Å²) in [5, 5.41) is 2.93. The van der Waals surface area contributed by atoms with Gasteiger partial charge in [-0.1, -0.05) is 18.0 Å². The predicted octanol–water partition coefficient (Wildman–Crippen LogP) is 2.76. The highest BCUT2D eigenvalue weighted by Gasteiger charge is 2.27. The lowest BCUT2D eigenvalue weighted by Crippen LogP contribution is -2.39. The van der Waals surface area contributed by atoms with Gasteiger partial charge in [0.1, 0.15) is 5.82 Å². The lowest BCUT2D eigenvalue weighted by atomic mass is 10.0. The summed E-state index contributed by atoms with van der Waals surface area (Å²) in [5.74, 6) is -0.520. The first-order valence-electron chi connectivity index (χ1n) is 6.08. The standard InChI is InChI=1S/C13H16ClFN2O.ClH/c14-10-5-4-8(6-11(10)15)13(18)17-12-3-1-2-9(12)7-16;/h4-6,9,12H,1-3,7,16H2,(H,17,18);1H.